The van der Waals surface area contributed by atoms with Crippen molar-refractivity contribution in [3.8, 4) is 0 Å². The van der Waals surface area contributed by atoms with Gasteiger partial charge >= 0.3 is 0 Å². The maximum Gasteiger partial charge on any atom is 0.261 e. The van der Waals surface area contributed by atoms with Crippen molar-refractivity contribution in [3.05, 3.63) is 40.4 Å². The van der Waals surface area contributed by atoms with Crippen molar-refractivity contribution in [1.29, 1.82) is 0 Å². The molecule has 0 radical (unpaired) electrons. The molecular formula is C15H17F2N3O. The highest BCUT2D eigenvalue weighted by Gasteiger charge is 2.20. The fourth-order valence-electron chi connectivity index (χ4n) is 2.89. The van der Waals surface area contributed by atoms with Crippen LogP contribution in [0.1, 0.15) is 19.3 Å². The number of halogens is 2. The largest absolute Gasteiger partial charge is 0.302 e. The molecule has 1 atom stereocenters. The molecule has 0 spiro atoms. The van der Waals surface area contributed by atoms with Crippen molar-refractivity contribution in [3.63, 3.8) is 0 Å². The fourth-order valence-corrected chi connectivity index (χ4v) is 2.89. The van der Waals surface area contributed by atoms with Crippen LogP contribution in [0.3, 0.4) is 0 Å². The second-order valence-electron chi connectivity index (χ2n) is 5.62. The molecule has 2 aromatic rings. The maximum absolute atomic E-state index is 13.3. The second-order valence-corrected chi connectivity index (χ2v) is 5.62. The van der Waals surface area contributed by atoms with Crippen LogP contribution in [0.4, 0.5) is 8.78 Å². The number of hydrogen-bond acceptors (Lipinski definition) is 3. The minimum atomic E-state index is -1.02. The fraction of sp³-hybridized carbons (Fsp3) is 0.467. The van der Waals surface area contributed by atoms with Gasteiger partial charge in [-0.05, 0) is 32.5 Å². The summed E-state index contributed by atoms with van der Waals surface area (Å²) in [4.78, 5) is 18.7. The normalized spacial score (nSPS) is 20.0. The van der Waals surface area contributed by atoms with Gasteiger partial charge in [0.25, 0.3) is 5.56 Å². The number of fused-ring (bicyclic) bond motifs is 1. The lowest BCUT2D eigenvalue weighted by molar-refractivity contribution is 0.166. The van der Waals surface area contributed by atoms with Crippen LogP contribution in [0.2, 0.25) is 0 Å². The molecule has 1 aromatic heterocycles. The van der Waals surface area contributed by atoms with E-state index in [1.165, 1.54) is 17.3 Å². The van der Waals surface area contributed by atoms with Crippen LogP contribution in [0.25, 0.3) is 10.9 Å². The molecule has 6 heteroatoms. The number of aromatic nitrogens is 2. The summed E-state index contributed by atoms with van der Waals surface area (Å²) in [5.74, 6) is -2.01. The van der Waals surface area contributed by atoms with Crippen molar-refractivity contribution in [2.45, 2.75) is 31.8 Å². The summed E-state index contributed by atoms with van der Waals surface area (Å²) in [7, 11) is 2.04. The average Bonchev–Trinajstić information content (AvgIpc) is 2.46. The van der Waals surface area contributed by atoms with Crippen LogP contribution in [0.5, 0.6) is 0 Å². The third kappa shape index (κ3) is 2.68. The predicted octanol–water partition coefficient (Wildman–Crippen LogP) is 2.16. The zero-order valence-corrected chi connectivity index (χ0v) is 11.9. The van der Waals surface area contributed by atoms with E-state index in [2.05, 4.69) is 9.88 Å². The Labute approximate surface area is 121 Å². The third-order valence-corrected chi connectivity index (χ3v) is 4.20. The Bertz CT molecular complexity index is 729. The Hall–Kier alpha value is -1.82. The van der Waals surface area contributed by atoms with Gasteiger partial charge in [0, 0.05) is 18.7 Å². The van der Waals surface area contributed by atoms with E-state index in [-0.39, 0.29) is 22.5 Å². The molecule has 1 aliphatic heterocycles. The molecule has 1 aliphatic rings. The van der Waals surface area contributed by atoms with Crippen LogP contribution in [-0.2, 0) is 6.54 Å². The molecule has 1 saturated heterocycles. The molecule has 2 heterocycles. The minimum absolute atomic E-state index is 0.120. The molecule has 1 fully saturated rings. The Morgan fingerprint density at radius 2 is 2.05 bits per heavy atom. The van der Waals surface area contributed by atoms with Crippen molar-refractivity contribution >= 4 is 10.9 Å². The van der Waals surface area contributed by atoms with Gasteiger partial charge in [-0.2, -0.15) is 0 Å². The van der Waals surface area contributed by atoms with Gasteiger partial charge in [0.05, 0.1) is 17.2 Å². The van der Waals surface area contributed by atoms with Crippen molar-refractivity contribution in [2.75, 3.05) is 13.6 Å². The summed E-state index contributed by atoms with van der Waals surface area (Å²) >= 11 is 0. The maximum atomic E-state index is 13.3. The molecule has 0 aliphatic carbocycles. The van der Waals surface area contributed by atoms with Crippen LogP contribution in [-0.4, -0.2) is 34.1 Å². The summed E-state index contributed by atoms with van der Waals surface area (Å²) in [5.41, 5.74) is -0.134. The Balaban J connectivity index is 1.98. The van der Waals surface area contributed by atoms with Gasteiger partial charge in [-0.3, -0.25) is 9.36 Å². The molecule has 0 amide bonds. The molecule has 1 unspecified atom stereocenters. The summed E-state index contributed by atoms with van der Waals surface area (Å²) in [6.07, 6.45) is 4.76. The van der Waals surface area contributed by atoms with E-state index < -0.39 is 11.6 Å². The van der Waals surface area contributed by atoms with Gasteiger partial charge in [0.2, 0.25) is 0 Å². The first-order chi connectivity index (χ1) is 10.1. The molecule has 3 rings (SSSR count). The number of rotatable bonds is 2. The number of likely N-dealkylation sites (tertiary alicyclic amines) is 1. The highest BCUT2D eigenvalue weighted by molar-refractivity contribution is 5.77. The Morgan fingerprint density at radius 1 is 1.29 bits per heavy atom. The Morgan fingerprint density at radius 3 is 2.81 bits per heavy atom. The SMILES string of the molecule is CN1CCCCC1Cn1cnc2cc(F)c(F)cc2c1=O. The van der Waals surface area contributed by atoms with E-state index in [4.69, 9.17) is 0 Å². The van der Waals surface area contributed by atoms with Gasteiger partial charge in [-0.25, -0.2) is 13.8 Å². The van der Waals surface area contributed by atoms with E-state index in [1.54, 1.807) is 0 Å². The van der Waals surface area contributed by atoms with Crippen molar-refractivity contribution in [1.82, 2.24) is 14.5 Å². The summed E-state index contributed by atoms with van der Waals surface area (Å²) < 4.78 is 28.0. The third-order valence-electron chi connectivity index (χ3n) is 4.20. The first-order valence-corrected chi connectivity index (χ1v) is 7.10. The van der Waals surface area contributed by atoms with E-state index in [9.17, 15) is 13.6 Å². The second kappa shape index (κ2) is 5.52. The van der Waals surface area contributed by atoms with Crippen LogP contribution >= 0.6 is 0 Å². The summed E-state index contributed by atoms with van der Waals surface area (Å²) in [6.45, 7) is 1.54. The Kier molecular flexibility index (Phi) is 3.71. The topological polar surface area (TPSA) is 38.1 Å². The van der Waals surface area contributed by atoms with Gasteiger partial charge in [0.1, 0.15) is 0 Å². The van der Waals surface area contributed by atoms with E-state index in [0.717, 1.165) is 31.5 Å². The van der Waals surface area contributed by atoms with Gasteiger partial charge in [-0.1, -0.05) is 6.42 Å². The molecule has 112 valence electrons. The summed E-state index contributed by atoms with van der Waals surface area (Å²) in [6, 6.07) is 2.17. The number of hydrogen-bond donors (Lipinski definition) is 0. The molecule has 0 saturated carbocycles. The first-order valence-electron chi connectivity index (χ1n) is 7.10. The molecular weight excluding hydrogens is 276 g/mol. The van der Waals surface area contributed by atoms with Crippen molar-refractivity contribution < 1.29 is 8.78 Å². The zero-order chi connectivity index (χ0) is 15.0. The van der Waals surface area contributed by atoms with Crippen LogP contribution in [0.15, 0.2) is 23.3 Å². The van der Waals surface area contributed by atoms with Crippen molar-refractivity contribution in [2.24, 2.45) is 0 Å². The first kappa shape index (κ1) is 14.1. The number of nitrogens with zero attached hydrogens (tertiary/aromatic N) is 3. The molecule has 1 aromatic carbocycles. The lowest BCUT2D eigenvalue weighted by Crippen LogP contribution is -2.41. The van der Waals surface area contributed by atoms with E-state index in [0.29, 0.717) is 6.54 Å². The average molecular weight is 293 g/mol. The highest BCUT2D eigenvalue weighted by atomic mass is 19.2. The lowest BCUT2D eigenvalue weighted by Gasteiger charge is -2.32. The smallest absolute Gasteiger partial charge is 0.261 e. The highest BCUT2D eigenvalue weighted by Crippen LogP contribution is 2.17. The standard InChI is InChI=1S/C15H17F2N3O/c1-19-5-3-2-4-10(19)8-20-9-18-14-7-13(17)12(16)6-11(14)15(20)21/h6-7,9-10H,2-5,8H2,1H3. The van der Waals surface area contributed by atoms with E-state index >= 15 is 0 Å². The molecule has 4 nitrogen and oxygen atoms in total. The van der Waals surface area contributed by atoms with E-state index in [1.807, 2.05) is 7.05 Å². The van der Waals surface area contributed by atoms with Gasteiger partial charge < -0.3 is 4.90 Å². The summed E-state index contributed by atoms with van der Waals surface area (Å²) in [5, 5.41) is 0.120. The minimum Gasteiger partial charge on any atom is -0.302 e. The predicted molar refractivity (Wildman–Crippen MR) is 76.2 cm³/mol. The molecule has 0 bridgehead atoms. The van der Waals surface area contributed by atoms with Gasteiger partial charge in [0.15, 0.2) is 11.6 Å². The molecule has 0 N–H and O–H groups in total. The molecule has 21 heavy (non-hydrogen) atoms. The van der Waals surface area contributed by atoms with Crippen LogP contribution < -0.4 is 5.56 Å². The number of piperidine rings is 1. The zero-order valence-electron chi connectivity index (χ0n) is 11.9. The lowest BCUT2D eigenvalue weighted by atomic mass is 10.0. The van der Waals surface area contributed by atoms with Crippen LogP contribution in [0, 0.1) is 11.6 Å². The quantitative estimate of drug-likeness (QED) is 0.851. The monoisotopic (exact) mass is 293 g/mol. The number of likely N-dealkylation sites (N-methyl/N-ethyl adjacent to an activating group) is 1. The number of benzene rings is 1. The van der Waals surface area contributed by atoms with Gasteiger partial charge in [-0.15, -0.1) is 0 Å².